The van der Waals surface area contributed by atoms with Crippen molar-refractivity contribution in [1.29, 1.82) is 0 Å². The van der Waals surface area contributed by atoms with Crippen molar-refractivity contribution in [2.75, 3.05) is 19.8 Å². The Labute approximate surface area is 172 Å². The van der Waals surface area contributed by atoms with Gasteiger partial charge >= 0.3 is 5.97 Å². The summed E-state index contributed by atoms with van der Waals surface area (Å²) in [5.41, 5.74) is 0.283. The van der Waals surface area contributed by atoms with E-state index in [0.29, 0.717) is 0 Å². The number of hydrogen-bond donors (Lipinski definition) is 6. The standard InChI is InChI=1S/C19H26O11/c20-6-10-13(21)14(22)11(7-27-10)29-19-17(25)16(24)15(23)12(30-19)8-28-18(26)9-4-2-1-3-5-9/h1-5,10-17,19-25H,6-8H2/t10-,11-,12+,13-,14-,15+,16+,17-,19+/m1/s1. The van der Waals surface area contributed by atoms with Crippen LogP contribution >= 0.6 is 0 Å². The van der Waals surface area contributed by atoms with Crippen LogP contribution in [0.4, 0.5) is 0 Å². The number of carbonyl (C=O) groups is 1. The third-order valence-corrected chi connectivity index (χ3v) is 5.13. The van der Waals surface area contributed by atoms with Crippen LogP contribution in [0.5, 0.6) is 0 Å². The number of aliphatic hydroxyl groups excluding tert-OH is 6. The van der Waals surface area contributed by atoms with Crippen molar-refractivity contribution in [3.05, 3.63) is 35.9 Å². The van der Waals surface area contributed by atoms with E-state index in [1.165, 1.54) is 0 Å². The maximum atomic E-state index is 12.1. The van der Waals surface area contributed by atoms with Crippen LogP contribution in [0, 0.1) is 0 Å². The molecule has 0 bridgehead atoms. The lowest BCUT2D eigenvalue weighted by molar-refractivity contribution is -0.331. The van der Waals surface area contributed by atoms with E-state index in [2.05, 4.69) is 0 Å². The van der Waals surface area contributed by atoms with Gasteiger partial charge in [0.25, 0.3) is 0 Å². The second-order valence-corrected chi connectivity index (χ2v) is 7.19. The van der Waals surface area contributed by atoms with Gasteiger partial charge in [0.15, 0.2) is 6.29 Å². The molecule has 168 valence electrons. The van der Waals surface area contributed by atoms with E-state index >= 15 is 0 Å². The Morgan fingerprint density at radius 3 is 2.27 bits per heavy atom. The van der Waals surface area contributed by atoms with E-state index in [1.807, 2.05) is 0 Å². The Kier molecular flexibility index (Phi) is 7.74. The molecule has 0 radical (unpaired) electrons. The fraction of sp³-hybridized carbons (Fsp3) is 0.632. The van der Waals surface area contributed by atoms with Crippen molar-refractivity contribution in [2.45, 2.75) is 55.1 Å². The lowest BCUT2D eigenvalue weighted by Gasteiger charge is -2.43. The third kappa shape index (κ3) is 4.97. The minimum absolute atomic E-state index is 0.220. The molecule has 0 spiro atoms. The zero-order valence-electron chi connectivity index (χ0n) is 15.9. The Hall–Kier alpha value is -1.67. The second-order valence-electron chi connectivity index (χ2n) is 7.19. The number of carbonyl (C=O) groups excluding carboxylic acids is 1. The first kappa shape index (κ1) is 23.0. The van der Waals surface area contributed by atoms with Gasteiger partial charge in [-0.15, -0.1) is 0 Å². The number of aliphatic hydroxyl groups is 6. The molecular weight excluding hydrogens is 404 g/mol. The molecule has 1 aromatic rings. The SMILES string of the molecule is O=C(OC[C@@H]1O[C@H](O[C@@H]2CO[C@H](CO)[C@@H](O)[C@@H]2O)[C@H](O)[C@@H](O)[C@H]1O)c1ccccc1. The van der Waals surface area contributed by atoms with Gasteiger partial charge in [0.1, 0.15) is 55.4 Å². The summed E-state index contributed by atoms with van der Waals surface area (Å²) in [5, 5.41) is 59.6. The van der Waals surface area contributed by atoms with E-state index in [0.717, 1.165) is 0 Å². The second kappa shape index (κ2) is 10.1. The topological polar surface area (TPSA) is 175 Å². The number of esters is 1. The molecule has 1 aromatic carbocycles. The molecule has 9 atom stereocenters. The summed E-state index contributed by atoms with van der Waals surface area (Å²) in [5.74, 6) is -0.668. The van der Waals surface area contributed by atoms with E-state index < -0.39 is 74.3 Å². The Morgan fingerprint density at radius 2 is 1.60 bits per heavy atom. The van der Waals surface area contributed by atoms with Gasteiger partial charge in [-0.2, -0.15) is 0 Å². The van der Waals surface area contributed by atoms with Gasteiger partial charge in [-0.05, 0) is 12.1 Å². The maximum Gasteiger partial charge on any atom is 0.338 e. The van der Waals surface area contributed by atoms with Crippen LogP contribution in [0.3, 0.4) is 0 Å². The molecule has 0 aliphatic carbocycles. The molecule has 30 heavy (non-hydrogen) atoms. The van der Waals surface area contributed by atoms with Crippen LogP contribution in [0.1, 0.15) is 10.4 Å². The third-order valence-electron chi connectivity index (χ3n) is 5.13. The van der Waals surface area contributed by atoms with Crippen LogP contribution < -0.4 is 0 Å². The highest BCUT2D eigenvalue weighted by molar-refractivity contribution is 5.89. The normalized spacial score (nSPS) is 39.5. The number of rotatable bonds is 6. The summed E-state index contributed by atoms with van der Waals surface area (Å²) in [6.45, 7) is -1.16. The summed E-state index contributed by atoms with van der Waals surface area (Å²) >= 11 is 0. The molecule has 2 heterocycles. The minimum atomic E-state index is -1.68. The van der Waals surface area contributed by atoms with E-state index in [-0.39, 0.29) is 12.2 Å². The molecule has 2 aliphatic heterocycles. The molecule has 2 aliphatic rings. The van der Waals surface area contributed by atoms with Gasteiger partial charge < -0.3 is 49.6 Å². The first-order chi connectivity index (χ1) is 14.3. The van der Waals surface area contributed by atoms with E-state index in [1.54, 1.807) is 30.3 Å². The van der Waals surface area contributed by atoms with Crippen LogP contribution in [0.25, 0.3) is 0 Å². The van der Waals surface area contributed by atoms with Crippen molar-refractivity contribution in [3.63, 3.8) is 0 Å². The van der Waals surface area contributed by atoms with Crippen molar-refractivity contribution in [2.24, 2.45) is 0 Å². The van der Waals surface area contributed by atoms with Gasteiger partial charge in [0, 0.05) is 0 Å². The fourth-order valence-corrected chi connectivity index (χ4v) is 3.29. The van der Waals surface area contributed by atoms with Crippen LogP contribution in [0.15, 0.2) is 30.3 Å². The molecule has 0 amide bonds. The Morgan fingerprint density at radius 1 is 0.933 bits per heavy atom. The van der Waals surface area contributed by atoms with Gasteiger partial charge in [-0.1, -0.05) is 18.2 Å². The average Bonchev–Trinajstić information content (AvgIpc) is 2.76. The molecule has 6 N–H and O–H groups in total. The number of hydrogen-bond acceptors (Lipinski definition) is 11. The highest BCUT2D eigenvalue weighted by Gasteiger charge is 2.48. The van der Waals surface area contributed by atoms with Gasteiger partial charge in [-0.25, -0.2) is 4.79 Å². The zero-order chi connectivity index (χ0) is 21.8. The smallest absolute Gasteiger partial charge is 0.338 e. The molecule has 11 nitrogen and oxygen atoms in total. The molecule has 0 saturated carbocycles. The minimum Gasteiger partial charge on any atom is -0.459 e. The predicted octanol–water partition coefficient (Wildman–Crippen LogP) is -2.85. The van der Waals surface area contributed by atoms with Gasteiger partial charge in [0.05, 0.1) is 18.8 Å². The quantitative estimate of drug-likeness (QED) is 0.256. The lowest BCUT2D eigenvalue weighted by atomic mass is 9.98. The average molecular weight is 430 g/mol. The summed E-state index contributed by atoms with van der Waals surface area (Å²) in [7, 11) is 0. The predicted molar refractivity (Wildman–Crippen MR) is 97.1 cm³/mol. The molecular formula is C19H26O11. The molecule has 2 fully saturated rings. The van der Waals surface area contributed by atoms with E-state index in [9.17, 15) is 30.3 Å². The van der Waals surface area contributed by atoms with E-state index in [4.69, 9.17) is 24.1 Å². The van der Waals surface area contributed by atoms with Crippen molar-refractivity contribution >= 4 is 5.97 Å². The van der Waals surface area contributed by atoms with Crippen molar-refractivity contribution in [1.82, 2.24) is 0 Å². The van der Waals surface area contributed by atoms with Crippen LogP contribution in [-0.4, -0.2) is 112 Å². The first-order valence-electron chi connectivity index (χ1n) is 9.49. The molecule has 0 unspecified atom stereocenters. The van der Waals surface area contributed by atoms with Crippen LogP contribution in [-0.2, 0) is 18.9 Å². The summed E-state index contributed by atoms with van der Waals surface area (Å²) in [4.78, 5) is 12.1. The maximum absolute atomic E-state index is 12.1. The fourth-order valence-electron chi connectivity index (χ4n) is 3.29. The highest BCUT2D eigenvalue weighted by atomic mass is 16.7. The lowest BCUT2D eigenvalue weighted by Crippen LogP contribution is -2.62. The number of ether oxygens (including phenoxy) is 4. The molecule has 11 heteroatoms. The summed E-state index contributed by atoms with van der Waals surface area (Å²) in [6.07, 6.45) is -12.7. The Balaban J connectivity index is 1.61. The number of benzene rings is 1. The van der Waals surface area contributed by atoms with Crippen molar-refractivity contribution < 1.29 is 54.4 Å². The molecule has 2 saturated heterocycles. The Bertz CT molecular complexity index is 686. The largest absolute Gasteiger partial charge is 0.459 e. The molecule has 3 rings (SSSR count). The highest BCUT2D eigenvalue weighted by Crippen LogP contribution is 2.26. The van der Waals surface area contributed by atoms with Gasteiger partial charge in [0.2, 0.25) is 0 Å². The molecule has 0 aromatic heterocycles. The zero-order valence-corrected chi connectivity index (χ0v) is 15.9. The summed E-state index contributed by atoms with van der Waals surface area (Å²) < 4.78 is 21.2. The van der Waals surface area contributed by atoms with Crippen molar-refractivity contribution in [3.8, 4) is 0 Å². The van der Waals surface area contributed by atoms with Gasteiger partial charge in [-0.3, -0.25) is 0 Å². The van der Waals surface area contributed by atoms with Crippen LogP contribution in [0.2, 0.25) is 0 Å². The monoisotopic (exact) mass is 430 g/mol. The summed E-state index contributed by atoms with van der Waals surface area (Å²) in [6, 6.07) is 8.12. The first-order valence-corrected chi connectivity index (χ1v) is 9.49.